The molecule has 3 rings (SSSR count). The zero-order valence-electron chi connectivity index (χ0n) is 12.2. The molecule has 1 unspecified atom stereocenters. The van der Waals surface area contributed by atoms with E-state index in [9.17, 15) is 0 Å². The van der Waals surface area contributed by atoms with Gasteiger partial charge in [0.1, 0.15) is 5.75 Å². The molecule has 0 bridgehead atoms. The second kappa shape index (κ2) is 6.24. The van der Waals surface area contributed by atoms with Crippen LogP contribution in [0.5, 0.6) is 5.75 Å². The first kappa shape index (κ1) is 14.0. The summed E-state index contributed by atoms with van der Waals surface area (Å²) in [6, 6.07) is 10.6. The van der Waals surface area contributed by atoms with Crippen molar-refractivity contribution in [1.82, 2.24) is 10.3 Å². The van der Waals surface area contributed by atoms with E-state index >= 15 is 0 Å². The van der Waals surface area contributed by atoms with E-state index in [0.29, 0.717) is 0 Å². The minimum atomic E-state index is 0.141. The first-order valence-electron chi connectivity index (χ1n) is 7.02. The van der Waals surface area contributed by atoms with Crippen molar-refractivity contribution in [2.24, 2.45) is 0 Å². The molecule has 108 valence electrons. The SMILES string of the molecule is CCNC(c1cc(OC)cs1)c1cncc2ccccc12. The minimum absolute atomic E-state index is 0.141. The molecule has 0 spiro atoms. The van der Waals surface area contributed by atoms with Crippen LogP contribution >= 0.6 is 11.3 Å². The number of pyridine rings is 1. The monoisotopic (exact) mass is 298 g/mol. The van der Waals surface area contributed by atoms with Gasteiger partial charge in [0, 0.05) is 33.6 Å². The molecular formula is C17H18N2OS. The van der Waals surface area contributed by atoms with Crippen LogP contribution in [0.4, 0.5) is 0 Å². The highest BCUT2D eigenvalue weighted by Crippen LogP contribution is 2.33. The fourth-order valence-electron chi connectivity index (χ4n) is 2.53. The van der Waals surface area contributed by atoms with Gasteiger partial charge in [-0.25, -0.2) is 0 Å². The fraction of sp³-hybridized carbons (Fsp3) is 0.235. The summed E-state index contributed by atoms with van der Waals surface area (Å²) in [6.07, 6.45) is 3.87. The Hall–Kier alpha value is -1.91. The third-order valence-electron chi connectivity index (χ3n) is 3.53. The molecule has 2 heterocycles. The van der Waals surface area contributed by atoms with Crippen molar-refractivity contribution in [3.8, 4) is 5.75 Å². The molecule has 4 heteroatoms. The number of thiophene rings is 1. The van der Waals surface area contributed by atoms with E-state index in [4.69, 9.17) is 4.74 Å². The Labute approximate surface area is 128 Å². The fourth-order valence-corrected chi connectivity index (χ4v) is 3.48. The highest BCUT2D eigenvalue weighted by atomic mass is 32.1. The van der Waals surface area contributed by atoms with E-state index < -0.39 is 0 Å². The highest BCUT2D eigenvalue weighted by Gasteiger charge is 2.18. The van der Waals surface area contributed by atoms with E-state index in [1.807, 2.05) is 23.8 Å². The van der Waals surface area contributed by atoms with Crippen molar-refractivity contribution >= 4 is 22.1 Å². The summed E-state index contributed by atoms with van der Waals surface area (Å²) in [7, 11) is 1.70. The lowest BCUT2D eigenvalue weighted by molar-refractivity contribution is 0.416. The van der Waals surface area contributed by atoms with Crippen LogP contribution in [0.2, 0.25) is 0 Å². The van der Waals surface area contributed by atoms with Gasteiger partial charge in [0.15, 0.2) is 0 Å². The van der Waals surface area contributed by atoms with Gasteiger partial charge in [-0.3, -0.25) is 4.98 Å². The number of hydrogen-bond acceptors (Lipinski definition) is 4. The standard InChI is InChI=1S/C17H18N2OS/c1-3-19-17(16-8-13(20-2)11-21-16)15-10-18-9-12-6-4-5-7-14(12)15/h4-11,17,19H,3H2,1-2H3. The average Bonchev–Trinajstić information content (AvgIpc) is 3.01. The third-order valence-corrected chi connectivity index (χ3v) is 4.51. The highest BCUT2D eigenvalue weighted by molar-refractivity contribution is 7.10. The van der Waals surface area contributed by atoms with Gasteiger partial charge in [-0.1, -0.05) is 31.2 Å². The number of benzene rings is 1. The van der Waals surface area contributed by atoms with Crippen molar-refractivity contribution in [2.75, 3.05) is 13.7 Å². The van der Waals surface area contributed by atoms with Gasteiger partial charge in [0.2, 0.25) is 0 Å². The zero-order chi connectivity index (χ0) is 14.7. The molecule has 0 aliphatic heterocycles. The molecular weight excluding hydrogens is 280 g/mol. The Bertz CT molecular complexity index is 733. The molecule has 0 saturated heterocycles. The molecule has 0 aliphatic rings. The number of hydrogen-bond donors (Lipinski definition) is 1. The maximum Gasteiger partial charge on any atom is 0.129 e. The number of ether oxygens (including phenoxy) is 1. The van der Waals surface area contributed by atoms with Crippen LogP contribution < -0.4 is 10.1 Å². The van der Waals surface area contributed by atoms with E-state index in [1.54, 1.807) is 18.4 Å². The van der Waals surface area contributed by atoms with Gasteiger partial charge in [0.05, 0.1) is 13.2 Å². The molecule has 3 nitrogen and oxygen atoms in total. The number of methoxy groups -OCH3 is 1. The maximum absolute atomic E-state index is 5.31. The molecule has 1 aromatic carbocycles. The smallest absolute Gasteiger partial charge is 0.129 e. The van der Waals surface area contributed by atoms with Gasteiger partial charge in [-0.05, 0) is 18.0 Å². The van der Waals surface area contributed by atoms with E-state index in [2.05, 4.69) is 41.5 Å². The van der Waals surface area contributed by atoms with Crippen molar-refractivity contribution < 1.29 is 4.74 Å². The number of fused-ring (bicyclic) bond motifs is 1. The van der Waals surface area contributed by atoms with Crippen LogP contribution in [0.1, 0.15) is 23.4 Å². The maximum atomic E-state index is 5.31. The first-order chi connectivity index (χ1) is 10.3. The van der Waals surface area contributed by atoms with Gasteiger partial charge >= 0.3 is 0 Å². The number of nitrogens with zero attached hydrogens (tertiary/aromatic N) is 1. The number of nitrogens with one attached hydrogen (secondary N) is 1. The quantitative estimate of drug-likeness (QED) is 0.773. The lowest BCUT2D eigenvalue weighted by atomic mass is 10.0. The third kappa shape index (κ3) is 2.77. The summed E-state index contributed by atoms with van der Waals surface area (Å²) in [5.41, 5.74) is 1.21. The van der Waals surface area contributed by atoms with Crippen LogP contribution in [-0.2, 0) is 0 Å². The van der Waals surface area contributed by atoms with Gasteiger partial charge < -0.3 is 10.1 Å². The summed E-state index contributed by atoms with van der Waals surface area (Å²) in [4.78, 5) is 5.64. The second-order valence-electron chi connectivity index (χ2n) is 4.83. The molecule has 0 radical (unpaired) electrons. The van der Waals surface area contributed by atoms with Crippen LogP contribution in [0, 0.1) is 0 Å². The van der Waals surface area contributed by atoms with Crippen LogP contribution in [0.25, 0.3) is 10.8 Å². The summed E-state index contributed by atoms with van der Waals surface area (Å²) in [5.74, 6) is 0.908. The molecule has 1 N–H and O–H groups in total. The Kier molecular flexibility index (Phi) is 4.18. The van der Waals surface area contributed by atoms with Gasteiger partial charge in [-0.2, -0.15) is 0 Å². The normalized spacial score (nSPS) is 12.5. The Morgan fingerprint density at radius 3 is 2.90 bits per heavy atom. The molecule has 0 saturated carbocycles. The zero-order valence-corrected chi connectivity index (χ0v) is 13.0. The number of aromatic nitrogens is 1. The molecule has 2 aromatic heterocycles. The number of rotatable bonds is 5. The predicted octanol–water partition coefficient (Wildman–Crippen LogP) is 4.00. The summed E-state index contributed by atoms with van der Waals surface area (Å²) in [5, 5.41) is 8.01. The van der Waals surface area contributed by atoms with E-state index in [1.165, 1.54) is 21.2 Å². The summed E-state index contributed by atoms with van der Waals surface area (Å²) < 4.78 is 5.31. The molecule has 0 amide bonds. The van der Waals surface area contributed by atoms with Crippen molar-refractivity contribution in [2.45, 2.75) is 13.0 Å². The molecule has 3 aromatic rings. The molecule has 1 atom stereocenters. The average molecular weight is 298 g/mol. The predicted molar refractivity (Wildman–Crippen MR) is 88.1 cm³/mol. The Morgan fingerprint density at radius 2 is 2.14 bits per heavy atom. The molecule has 21 heavy (non-hydrogen) atoms. The van der Waals surface area contributed by atoms with E-state index in [0.717, 1.165) is 12.3 Å². The van der Waals surface area contributed by atoms with Gasteiger partial charge in [-0.15, -0.1) is 11.3 Å². The minimum Gasteiger partial charge on any atom is -0.496 e. The van der Waals surface area contributed by atoms with Crippen LogP contribution in [0.15, 0.2) is 48.1 Å². The molecule has 0 aliphatic carbocycles. The lowest BCUT2D eigenvalue weighted by Crippen LogP contribution is -2.21. The van der Waals surface area contributed by atoms with Crippen molar-refractivity contribution in [1.29, 1.82) is 0 Å². The largest absolute Gasteiger partial charge is 0.496 e. The Morgan fingerprint density at radius 1 is 1.29 bits per heavy atom. The first-order valence-corrected chi connectivity index (χ1v) is 7.90. The van der Waals surface area contributed by atoms with E-state index in [-0.39, 0.29) is 6.04 Å². The van der Waals surface area contributed by atoms with Crippen LogP contribution in [0.3, 0.4) is 0 Å². The van der Waals surface area contributed by atoms with Crippen molar-refractivity contribution in [3.05, 3.63) is 58.5 Å². The molecule has 0 fully saturated rings. The summed E-state index contributed by atoms with van der Waals surface area (Å²) >= 11 is 1.71. The Balaban J connectivity index is 2.11. The van der Waals surface area contributed by atoms with Gasteiger partial charge in [0.25, 0.3) is 0 Å². The topological polar surface area (TPSA) is 34.1 Å². The van der Waals surface area contributed by atoms with Crippen LogP contribution in [-0.4, -0.2) is 18.6 Å². The lowest BCUT2D eigenvalue weighted by Gasteiger charge is -2.18. The second-order valence-corrected chi connectivity index (χ2v) is 5.77. The van der Waals surface area contributed by atoms with Crippen molar-refractivity contribution in [3.63, 3.8) is 0 Å². The summed E-state index contributed by atoms with van der Waals surface area (Å²) in [6.45, 7) is 3.02.